The van der Waals surface area contributed by atoms with Crippen molar-refractivity contribution in [3.8, 4) is 33.9 Å². The lowest BCUT2D eigenvalue weighted by Gasteiger charge is -2.16. The number of rotatable bonds is 8. The summed E-state index contributed by atoms with van der Waals surface area (Å²) in [4.78, 5) is 20.0. The number of para-hydroxylation sites is 1. The molecule has 0 bridgehead atoms. The molecule has 4 aromatic rings. The zero-order valence-electron chi connectivity index (χ0n) is 18.8. The molecule has 0 aliphatic carbocycles. The van der Waals surface area contributed by atoms with E-state index in [1.807, 2.05) is 55.5 Å². The van der Waals surface area contributed by atoms with Crippen LogP contribution in [0.2, 0.25) is 0 Å². The highest BCUT2D eigenvalue weighted by Crippen LogP contribution is 2.37. The second kappa shape index (κ2) is 10.1. The van der Waals surface area contributed by atoms with Gasteiger partial charge in [-0.1, -0.05) is 42.5 Å². The van der Waals surface area contributed by atoms with Crippen LogP contribution < -0.4 is 9.47 Å². The normalized spacial score (nSPS) is 11.1. The molecule has 0 aliphatic rings. The lowest BCUT2D eigenvalue weighted by Crippen LogP contribution is -2.12. The van der Waals surface area contributed by atoms with Crippen molar-refractivity contribution in [2.45, 2.75) is 6.92 Å². The molecule has 7 heteroatoms. The molecule has 172 valence electrons. The van der Waals surface area contributed by atoms with Gasteiger partial charge in [-0.15, -0.1) is 0 Å². The number of hydrogen-bond donors (Lipinski definition) is 1. The van der Waals surface area contributed by atoms with Crippen molar-refractivity contribution in [3.05, 3.63) is 78.1 Å². The first kappa shape index (κ1) is 22.9. The molecular weight excluding hydrogens is 435 g/mol. The van der Waals surface area contributed by atoms with Gasteiger partial charge in [0.25, 0.3) is 0 Å². The Morgan fingerprint density at radius 2 is 1.79 bits per heavy atom. The van der Waals surface area contributed by atoms with E-state index in [-0.39, 0.29) is 5.75 Å². The monoisotopic (exact) mass is 458 g/mol. The van der Waals surface area contributed by atoms with Crippen molar-refractivity contribution in [1.82, 2.24) is 4.98 Å². The Labute approximate surface area is 196 Å². The first-order chi connectivity index (χ1) is 16.5. The fraction of sp³-hybridized carbons (Fsp3) is 0.148. The second-order valence-electron chi connectivity index (χ2n) is 7.44. The van der Waals surface area contributed by atoms with Crippen molar-refractivity contribution in [2.24, 2.45) is 4.99 Å². The van der Waals surface area contributed by atoms with Crippen LogP contribution in [0, 0.1) is 5.82 Å². The molecule has 0 atom stereocenters. The highest BCUT2D eigenvalue weighted by atomic mass is 19.1. The van der Waals surface area contributed by atoms with Crippen molar-refractivity contribution < 1.29 is 23.8 Å². The summed E-state index contributed by atoms with van der Waals surface area (Å²) < 4.78 is 25.4. The maximum Gasteiger partial charge on any atom is 0.341 e. The quantitative estimate of drug-likeness (QED) is 0.347. The molecule has 6 nitrogen and oxygen atoms in total. The van der Waals surface area contributed by atoms with Gasteiger partial charge in [0, 0.05) is 29.8 Å². The molecule has 0 fully saturated rings. The van der Waals surface area contributed by atoms with E-state index < -0.39 is 18.4 Å². The molecule has 0 amide bonds. The molecule has 34 heavy (non-hydrogen) atoms. The minimum Gasteiger partial charge on any atom is -0.493 e. The van der Waals surface area contributed by atoms with E-state index in [0.29, 0.717) is 28.8 Å². The fourth-order valence-electron chi connectivity index (χ4n) is 3.77. The predicted octanol–water partition coefficient (Wildman–Crippen LogP) is 5.62. The Balaban J connectivity index is 1.86. The third-order valence-electron chi connectivity index (χ3n) is 5.19. The number of aromatic nitrogens is 1. The molecule has 0 spiro atoms. The number of fused-ring (bicyclic) bond motifs is 1. The highest BCUT2D eigenvalue weighted by molar-refractivity contribution is 6.01. The van der Waals surface area contributed by atoms with Crippen LogP contribution in [0.3, 0.4) is 0 Å². The second-order valence-corrected chi connectivity index (χ2v) is 7.44. The van der Waals surface area contributed by atoms with E-state index in [1.54, 1.807) is 19.3 Å². The maximum absolute atomic E-state index is 14.0. The van der Waals surface area contributed by atoms with Crippen molar-refractivity contribution in [3.63, 3.8) is 0 Å². The largest absolute Gasteiger partial charge is 0.493 e. The Morgan fingerprint density at radius 1 is 1.06 bits per heavy atom. The van der Waals surface area contributed by atoms with E-state index in [1.165, 1.54) is 12.1 Å². The first-order valence-corrected chi connectivity index (χ1v) is 10.7. The van der Waals surface area contributed by atoms with Crippen LogP contribution in [0.1, 0.15) is 12.5 Å². The topological polar surface area (TPSA) is 81.0 Å². The van der Waals surface area contributed by atoms with Gasteiger partial charge in [0.2, 0.25) is 0 Å². The average Bonchev–Trinajstić information content (AvgIpc) is 2.84. The van der Waals surface area contributed by atoms with Crippen LogP contribution in [-0.4, -0.2) is 42.5 Å². The van der Waals surface area contributed by atoms with E-state index in [2.05, 4.69) is 4.99 Å². The predicted molar refractivity (Wildman–Crippen MR) is 130 cm³/mol. The van der Waals surface area contributed by atoms with Crippen molar-refractivity contribution in [2.75, 3.05) is 20.3 Å². The summed E-state index contributed by atoms with van der Waals surface area (Å²) in [5, 5.41) is 9.53. The number of ether oxygens (including phenoxy) is 2. The van der Waals surface area contributed by atoms with Gasteiger partial charge in [-0.25, -0.2) is 14.2 Å². The standard InChI is InChI=1S/C27H23FN2O4/c1-3-33-24-7-5-4-6-20(24)17-8-10-18(11-9-17)26-22(15-29-2)27(34-16-25(31)32)21-14-19(28)12-13-23(21)30-26/h4-15H,3,16H2,1-2H3,(H,31,32). The number of benzene rings is 3. The number of aliphatic imine (C=N–C) groups is 1. The Morgan fingerprint density at radius 3 is 2.50 bits per heavy atom. The molecule has 0 aliphatic heterocycles. The minimum atomic E-state index is -1.14. The number of pyridine rings is 1. The van der Waals surface area contributed by atoms with E-state index in [0.717, 1.165) is 22.4 Å². The molecular formula is C27H23FN2O4. The Bertz CT molecular complexity index is 1370. The van der Waals surface area contributed by atoms with Crippen LogP contribution >= 0.6 is 0 Å². The van der Waals surface area contributed by atoms with Crippen LogP contribution in [0.15, 0.2) is 71.7 Å². The lowest BCUT2D eigenvalue weighted by molar-refractivity contribution is -0.139. The third kappa shape index (κ3) is 4.73. The van der Waals surface area contributed by atoms with Gasteiger partial charge in [-0.05, 0) is 36.8 Å². The summed E-state index contributed by atoms with van der Waals surface area (Å²) >= 11 is 0. The molecule has 1 aromatic heterocycles. The number of carbonyl (C=O) groups is 1. The molecule has 0 saturated heterocycles. The average molecular weight is 458 g/mol. The molecule has 3 aromatic carbocycles. The zero-order valence-corrected chi connectivity index (χ0v) is 18.8. The van der Waals surface area contributed by atoms with E-state index in [4.69, 9.17) is 19.6 Å². The number of aliphatic carboxylic acids is 1. The fourth-order valence-corrected chi connectivity index (χ4v) is 3.77. The van der Waals surface area contributed by atoms with Crippen LogP contribution in [0.25, 0.3) is 33.3 Å². The van der Waals surface area contributed by atoms with E-state index in [9.17, 15) is 9.18 Å². The van der Waals surface area contributed by atoms with Gasteiger partial charge in [-0.2, -0.15) is 0 Å². The van der Waals surface area contributed by atoms with Crippen LogP contribution in [0.4, 0.5) is 4.39 Å². The van der Waals surface area contributed by atoms with Crippen LogP contribution in [-0.2, 0) is 4.79 Å². The van der Waals surface area contributed by atoms with Gasteiger partial charge in [0.1, 0.15) is 17.3 Å². The number of halogens is 1. The molecule has 0 radical (unpaired) electrons. The number of carboxylic acids is 1. The molecule has 4 rings (SSSR count). The molecule has 1 heterocycles. The summed E-state index contributed by atoms with van der Waals surface area (Å²) in [5.74, 6) is -0.594. The smallest absolute Gasteiger partial charge is 0.341 e. The first-order valence-electron chi connectivity index (χ1n) is 10.7. The van der Waals surface area contributed by atoms with Gasteiger partial charge in [0.15, 0.2) is 6.61 Å². The van der Waals surface area contributed by atoms with E-state index >= 15 is 0 Å². The van der Waals surface area contributed by atoms with Gasteiger partial charge in [-0.3, -0.25) is 4.99 Å². The molecule has 1 N–H and O–H groups in total. The minimum absolute atomic E-state index is 0.221. The maximum atomic E-state index is 14.0. The number of carboxylic acid groups (broad SMARTS) is 1. The lowest BCUT2D eigenvalue weighted by atomic mass is 9.98. The SMILES string of the molecule is CCOc1ccccc1-c1ccc(-c2nc3ccc(F)cc3c(OCC(=O)O)c2C=NC)cc1. The molecule has 0 saturated carbocycles. The molecule has 0 unspecified atom stereocenters. The van der Waals surface area contributed by atoms with Gasteiger partial charge >= 0.3 is 5.97 Å². The summed E-state index contributed by atoms with van der Waals surface area (Å²) in [6.07, 6.45) is 1.54. The summed E-state index contributed by atoms with van der Waals surface area (Å²) in [6.45, 7) is 1.93. The number of hydrogen-bond acceptors (Lipinski definition) is 5. The zero-order chi connectivity index (χ0) is 24.1. The van der Waals surface area contributed by atoms with Gasteiger partial charge in [0.05, 0.1) is 23.4 Å². The summed E-state index contributed by atoms with van der Waals surface area (Å²) in [6, 6.07) is 19.7. The summed E-state index contributed by atoms with van der Waals surface area (Å²) in [5.41, 5.74) is 4.23. The van der Waals surface area contributed by atoms with Crippen molar-refractivity contribution in [1.29, 1.82) is 0 Å². The number of nitrogens with zero attached hydrogens (tertiary/aromatic N) is 2. The summed E-state index contributed by atoms with van der Waals surface area (Å²) in [7, 11) is 1.59. The van der Waals surface area contributed by atoms with Gasteiger partial charge < -0.3 is 14.6 Å². The Kier molecular flexibility index (Phi) is 6.82. The third-order valence-corrected chi connectivity index (χ3v) is 5.19. The van der Waals surface area contributed by atoms with Crippen LogP contribution in [0.5, 0.6) is 11.5 Å². The van der Waals surface area contributed by atoms with Crippen molar-refractivity contribution >= 4 is 23.1 Å². The highest BCUT2D eigenvalue weighted by Gasteiger charge is 2.18. The Hall–Kier alpha value is -4.26.